The Balaban J connectivity index is 2.04. The molecule has 0 atom stereocenters. The molecule has 4 heteroatoms. The molecule has 0 N–H and O–H groups in total. The van der Waals surface area contributed by atoms with Crippen LogP contribution in [0.2, 0.25) is 10.0 Å². The zero-order valence-electron chi connectivity index (χ0n) is 11.0. The van der Waals surface area contributed by atoms with Gasteiger partial charge in [-0.05, 0) is 24.5 Å². The maximum Gasteiger partial charge on any atom is 0.164 e. The number of carbonyl (C=O) groups excluding carboxylic acids is 1. The molecular weight excluding hydrogens is 283 g/mol. The smallest absolute Gasteiger partial charge is 0.164 e. The van der Waals surface area contributed by atoms with E-state index in [2.05, 4.69) is 0 Å². The van der Waals surface area contributed by atoms with E-state index in [0.29, 0.717) is 33.7 Å². The van der Waals surface area contributed by atoms with E-state index < -0.39 is 0 Å². The summed E-state index contributed by atoms with van der Waals surface area (Å²) in [6, 6.07) is 3.39. The fraction of sp³-hybridized carbons (Fsp3) is 0.533. The number of Topliss-reactive ketones (excluding diaryl/α,β-unsaturated/α-hetero) is 1. The van der Waals surface area contributed by atoms with Gasteiger partial charge in [0.05, 0.1) is 12.1 Å². The Kier molecular flexibility index (Phi) is 5.12. The van der Waals surface area contributed by atoms with Crippen LogP contribution in [0.4, 0.5) is 0 Å². The fourth-order valence-electron chi connectivity index (χ4n) is 2.67. The lowest BCUT2D eigenvalue weighted by molar-refractivity contribution is 0.0974. The maximum absolute atomic E-state index is 12.2. The van der Waals surface area contributed by atoms with Crippen LogP contribution in [-0.2, 0) is 0 Å². The first kappa shape index (κ1) is 14.7. The second kappa shape index (κ2) is 6.62. The van der Waals surface area contributed by atoms with Gasteiger partial charge in [0.15, 0.2) is 5.78 Å². The molecule has 1 aromatic carbocycles. The molecule has 1 fully saturated rings. The highest BCUT2D eigenvalue weighted by molar-refractivity contribution is 6.44. The van der Waals surface area contributed by atoms with Crippen molar-refractivity contribution in [1.29, 1.82) is 0 Å². The van der Waals surface area contributed by atoms with E-state index in [1.165, 1.54) is 32.8 Å². The van der Waals surface area contributed by atoms with Crippen LogP contribution in [0.15, 0.2) is 12.1 Å². The molecule has 2 nitrogen and oxygen atoms in total. The van der Waals surface area contributed by atoms with E-state index in [1.807, 2.05) is 0 Å². The van der Waals surface area contributed by atoms with Crippen LogP contribution in [0.1, 0.15) is 48.9 Å². The third-order valence-corrected chi connectivity index (χ3v) is 4.69. The molecule has 0 unspecified atom stereocenters. The molecule has 0 amide bonds. The van der Waals surface area contributed by atoms with Gasteiger partial charge in [0.25, 0.3) is 0 Å². The molecule has 0 radical (unpaired) electrons. The number of halogens is 2. The van der Waals surface area contributed by atoms with Crippen LogP contribution in [0.25, 0.3) is 0 Å². The SMILES string of the molecule is COc1ccc(C(=O)CCC2CCCC2)c(Cl)c1Cl. The molecule has 0 aliphatic heterocycles. The summed E-state index contributed by atoms with van der Waals surface area (Å²) in [5, 5.41) is 0.619. The first-order chi connectivity index (χ1) is 9.13. The predicted octanol–water partition coefficient (Wildman–Crippen LogP) is 5.16. The molecule has 2 rings (SSSR count). The van der Waals surface area contributed by atoms with Gasteiger partial charge in [-0.3, -0.25) is 4.79 Å². The minimum Gasteiger partial charge on any atom is -0.495 e. The van der Waals surface area contributed by atoms with E-state index in [4.69, 9.17) is 27.9 Å². The molecule has 1 aromatic rings. The quantitative estimate of drug-likeness (QED) is 0.703. The second-order valence-electron chi connectivity index (χ2n) is 5.06. The lowest BCUT2D eigenvalue weighted by atomic mass is 9.97. The van der Waals surface area contributed by atoms with Gasteiger partial charge in [0.2, 0.25) is 0 Å². The van der Waals surface area contributed by atoms with Crippen LogP contribution < -0.4 is 4.74 Å². The standard InChI is InChI=1S/C15H18Cl2O2/c1-19-13-9-7-11(14(16)15(13)17)12(18)8-6-10-4-2-3-5-10/h7,9-10H,2-6,8H2,1H3. The molecule has 0 heterocycles. The lowest BCUT2D eigenvalue weighted by Gasteiger charge is -2.11. The largest absolute Gasteiger partial charge is 0.495 e. The van der Waals surface area contributed by atoms with Gasteiger partial charge in [0.1, 0.15) is 10.8 Å². The van der Waals surface area contributed by atoms with E-state index >= 15 is 0 Å². The van der Waals surface area contributed by atoms with E-state index in [9.17, 15) is 4.79 Å². The third kappa shape index (κ3) is 3.43. The van der Waals surface area contributed by atoms with E-state index in [-0.39, 0.29) is 5.78 Å². The number of carbonyl (C=O) groups is 1. The Morgan fingerprint density at radius 3 is 2.58 bits per heavy atom. The van der Waals surface area contributed by atoms with E-state index in [0.717, 1.165) is 6.42 Å². The van der Waals surface area contributed by atoms with Crippen molar-refractivity contribution in [3.8, 4) is 5.75 Å². The maximum atomic E-state index is 12.2. The summed E-state index contributed by atoms with van der Waals surface area (Å²) in [6.45, 7) is 0. The first-order valence-corrected chi connectivity index (χ1v) is 7.44. The molecule has 19 heavy (non-hydrogen) atoms. The Bertz CT molecular complexity index is 465. The van der Waals surface area contributed by atoms with Crippen molar-refractivity contribution in [2.75, 3.05) is 7.11 Å². The summed E-state index contributed by atoms with van der Waals surface area (Å²) in [7, 11) is 1.53. The van der Waals surface area contributed by atoms with Crippen LogP contribution >= 0.6 is 23.2 Å². The first-order valence-electron chi connectivity index (χ1n) is 6.68. The Morgan fingerprint density at radius 1 is 1.26 bits per heavy atom. The highest BCUT2D eigenvalue weighted by Crippen LogP contribution is 2.36. The second-order valence-corrected chi connectivity index (χ2v) is 5.81. The lowest BCUT2D eigenvalue weighted by Crippen LogP contribution is -2.04. The molecule has 1 aliphatic carbocycles. The molecule has 1 saturated carbocycles. The minimum absolute atomic E-state index is 0.0708. The van der Waals surface area contributed by atoms with Gasteiger partial charge < -0.3 is 4.74 Å². The Hall–Kier alpha value is -0.730. The summed E-state index contributed by atoms with van der Waals surface area (Å²) in [4.78, 5) is 12.2. The summed E-state index contributed by atoms with van der Waals surface area (Å²) < 4.78 is 5.07. The minimum atomic E-state index is 0.0708. The highest BCUT2D eigenvalue weighted by atomic mass is 35.5. The number of rotatable bonds is 5. The van der Waals surface area contributed by atoms with Crippen molar-refractivity contribution in [2.24, 2.45) is 5.92 Å². The summed E-state index contributed by atoms with van der Waals surface area (Å²) in [5.41, 5.74) is 0.505. The third-order valence-electron chi connectivity index (χ3n) is 3.82. The topological polar surface area (TPSA) is 26.3 Å². The molecule has 0 bridgehead atoms. The van der Waals surface area contributed by atoms with Gasteiger partial charge in [-0.15, -0.1) is 0 Å². The van der Waals surface area contributed by atoms with Crippen molar-refractivity contribution in [2.45, 2.75) is 38.5 Å². The molecular formula is C15H18Cl2O2. The number of benzene rings is 1. The van der Waals surface area contributed by atoms with Gasteiger partial charge in [0, 0.05) is 12.0 Å². The predicted molar refractivity (Wildman–Crippen MR) is 78.5 cm³/mol. The average Bonchev–Trinajstić information content (AvgIpc) is 2.92. The molecule has 104 valence electrons. The van der Waals surface area contributed by atoms with Gasteiger partial charge in [-0.1, -0.05) is 48.9 Å². The zero-order chi connectivity index (χ0) is 13.8. The molecule has 1 aliphatic rings. The van der Waals surface area contributed by atoms with Crippen molar-refractivity contribution in [1.82, 2.24) is 0 Å². The summed E-state index contributed by atoms with van der Waals surface area (Å²) in [5.74, 6) is 1.27. The molecule has 0 saturated heterocycles. The van der Waals surface area contributed by atoms with Crippen molar-refractivity contribution >= 4 is 29.0 Å². The normalized spacial score (nSPS) is 15.7. The fourth-order valence-corrected chi connectivity index (χ4v) is 3.18. The highest BCUT2D eigenvalue weighted by Gasteiger charge is 2.19. The van der Waals surface area contributed by atoms with Gasteiger partial charge >= 0.3 is 0 Å². The molecule has 0 aromatic heterocycles. The number of methoxy groups -OCH3 is 1. The summed E-state index contributed by atoms with van der Waals surface area (Å²) in [6.07, 6.45) is 6.61. The van der Waals surface area contributed by atoms with Crippen molar-refractivity contribution in [3.63, 3.8) is 0 Å². The van der Waals surface area contributed by atoms with Crippen LogP contribution in [0, 0.1) is 5.92 Å². The Morgan fingerprint density at radius 2 is 1.95 bits per heavy atom. The van der Waals surface area contributed by atoms with Crippen molar-refractivity contribution in [3.05, 3.63) is 27.7 Å². The number of hydrogen-bond acceptors (Lipinski definition) is 2. The van der Waals surface area contributed by atoms with Gasteiger partial charge in [-0.2, -0.15) is 0 Å². The average molecular weight is 301 g/mol. The summed E-state index contributed by atoms with van der Waals surface area (Å²) >= 11 is 12.2. The van der Waals surface area contributed by atoms with Crippen LogP contribution in [0.5, 0.6) is 5.75 Å². The van der Waals surface area contributed by atoms with Crippen LogP contribution in [0.3, 0.4) is 0 Å². The number of ketones is 1. The van der Waals surface area contributed by atoms with E-state index in [1.54, 1.807) is 12.1 Å². The monoisotopic (exact) mass is 300 g/mol. The molecule has 0 spiro atoms. The Labute approximate surface area is 124 Å². The van der Waals surface area contributed by atoms with Crippen molar-refractivity contribution < 1.29 is 9.53 Å². The number of ether oxygens (including phenoxy) is 1. The van der Waals surface area contributed by atoms with Crippen LogP contribution in [-0.4, -0.2) is 12.9 Å². The number of hydrogen-bond donors (Lipinski definition) is 0. The zero-order valence-corrected chi connectivity index (χ0v) is 12.6. The van der Waals surface area contributed by atoms with Gasteiger partial charge in [-0.25, -0.2) is 0 Å².